The van der Waals surface area contributed by atoms with E-state index in [1.807, 2.05) is 34.1 Å². The van der Waals surface area contributed by atoms with Crippen LogP contribution in [0.2, 0.25) is 0 Å². The molecule has 0 spiro atoms. The van der Waals surface area contributed by atoms with E-state index in [1.54, 1.807) is 17.4 Å². The number of nitrogens with one attached hydrogen (secondary N) is 1. The maximum atomic E-state index is 14.1. The van der Waals surface area contributed by atoms with Gasteiger partial charge in [0.2, 0.25) is 0 Å². The second kappa shape index (κ2) is 8.32. The van der Waals surface area contributed by atoms with Gasteiger partial charge in [0.15, 0.2) is 11.6 Å². The van der Waals surface area contributed by atoms with Crippen molar-refractivity contribution in [1.29, 1.82) is 0 Å². The van der Waals surface area contributed by atoms with Gasteiger partial charge in [0.05, 0.1) is 22.4 Å². The quantitative estimate of drug-likeness (QED) is 0.698. The molecule has 0 aliphatic carbocycles. The number of likely N-dealkylation sites (tertiary alicyclic amines) is 1. The third kappa shape index (κ3) is 3.79. The lowest BCUT2D eigenvalue weighted by atomic mass is 10.2. The standard InChI is InChI=1S/C23H25FN4OS/c24-17-6-1-3-8-19(17)26-12-14-27(15-13-26)22(29)16-28-11-5-9-20(28)23-25-18-7-2-4-10-21(18)30-23/h1-4,6-8,10,20H,5,9,11-16H2/p+1/t20-/m0/s1. The normalized spacial score (nSPS) is 22.0. The fourth-order valence-corrected chi connectivity index (χ4v) is 5.83. The highest BCUT2D eigenvalue weighted by molar-refractivity contribution is 7.18. The monoisotopic (exact) mass is 425 g/mol. The van der Waals surface area contributed by atoms with Crippen LogP contribution in [0, 0.1) is 5.82 Å². The Kier molecular flexibility index (Phi) is 5.39. The first-order chi connectivity index (χ1) is 14.7. The van der Waals surface area contributed by atoms with Crippen molar-refractivity contribution >= 4 is 33.1 Å². The molecule has 0 bridgehead atoms. The van der Waals surface area contributed by atoms with Gasteiger partial charge in [-0.15, -0.1) is 11.3 Å². The van der Waals surface area contributed by atoms with Crippen LogP contribution >= 0.6 is 11.3 Å². The molecule has 3 aromatic rings. The third-order valence-corrected chi connectivity index (χ3v) is 7.45. The third-order valence-electron chi connectivity index (χ3n) is 6.30. The Bertz CT molecular complexity index is 1010. The molecule has 3 heterocycles. The summed E-state index contributed by atoms with van der Waals surface area (Å²) in [6.07, 6.45) is 2.22. The fourth-order valence-electron chi connectivity index (χ4n) is 4.67. The smallest absolute Gasteiger partial charge is 0.277 e. The van der Waals surface area contributed by atoms with Crippen LogP contribution in [0.3, 0.4) is 0 Å². The molecule has 2 saturated heterocycles. The second-order valence-corrected chi connectivity index (χ2v) is 9.18. The summed E-state index contributed by atoms with van der Waals surface area (Å²) in [6.45, 7) is 4.16. The summed E-state index contributed by atoms with van der Waals surface area (Å²) in [6, 6.07) is 15.4. The van der Waals surface area contributed by atoms with Crippen LogP contribution in [0.5, 0.6) is 0 Å². The molecule has 30 heavy (non-hydrogen) atoms. The number of carbonyl (C=O) groups excluding carboxylic acids is 1. The molecule has 0 saturated carbocycles. The topological polar surface area (TPSA) is 40.9 Å². The number of quaternary nitrogens is 1. The molecule has 1 aromatic heterocycles. The Hall–Kier alpha value is -2.51. The fraction of sp³-hybridized carbons (Fsp3) is 0.391. The number of carbonyl (C=O) groups is 1. The Labute approximate surface area is 179 Å². The van der Waals surface area contributed by atoms with Gasteiger partial charge in [0.1, 0.15) is 11.9 Å². The molecule has 2 aliphatic rings. The Morgan fingerprint density at radius 2 is 1.87 bits per heavy atom. The van der Waals surface area contributed by atoms with Crippen molar-refractivity contribution in [3.8, 4) is 0 Å². The molecule has 5 rings (SSSR count). The number of anilines is 1. The van der Waals surface area contributed by atoms with Crippen LogP contribution in [0.4, 0.5) is 10.1 Å². The van der Waals surface area contributed by atoms with Gasteiger partial charge >= 0.3 is 0 Å². The van der Waals surface area contributed by atoms with Gasteiger partial charge in [-0.3, -0.25) is 4.79 Å². The number of nitrogens with zero attached hydrogens (tertiary/aromatic N) is 3. The van der Waals surface area contributed by atoms with E-state index in [2.05, 4.69) is 12.1 Å². The van der Waals surface area contributed by atoms with E-state index in [9.17, 15) is 9.18 Å². The van der Waals surface area contributed by atoms with Gasteiger partial charge in [0.25, 0.3) is 5.91 Å². The Balaban J connectivity index is 1.21. The van der Waals surface area contributed by atoms with Gasteiger partial charge in [-0.2, -0.15) is 0 Å². The van der Waals surface area contributed by atoms with E-state index in [-0.39, 0.29) is 11.7 Å². The lowest BCUT2D eigenvalue weighted by molar-refractivity contribution is -0.910. The zero-order chi connectivity index (χ0) is 20.5. The Morgan fingerprint density at radius 3 is 2.67 bits per heavy atom. The van der Waals surface area contributed by atoms with Crippen LogP contribution in [0.25, 0.3) is 10.2 Å². The van der Waals surface area contributed by atoms with E-state index >= 15 is 0 Å². The lowest BCUT2D eigenvalue weighted by Gasteiger charge is -2.36. The van der Waals surface area contributed by atoms with E-state index in [1.165, 1.54) is 15.7 Å². The molecular weight excluding hydrogens is 399 g/mol. The molecule has 2 fully saturated rings. The first-order valence-electron chi connectivity index (χ1n) is 10.7. The highest BCUT2D eigenvalue weighted by atomic mass is 32.1. The largest absolute Gasteiger partial charge is 0.366 e. The number of hydrogen-bond acceptors (Lipinski definition) is 4. The molecular formula is C23H26FN4OS+. The van der Waals surface area contributed by atoms with Crippen molar-refractivity contribution in [1.82, 2.24) is 9.88 Å². The van der Waals surface area contributed by atoms with Crippen LogP contribution in [-0.2, 0) is 4.79 Å². The van der Waals surface area contributed by atoms with Crippen LogP contribution in [-0.4, -0.2) is 55.1 Å². The predicted molar refractivity (Wildman–Crippen MR) is 117 cm³/mol. The van der Waals surface area contributed by atoms with Gasteiger partial charge in [0, 0.05) is 39.0 Å². The molecule has 156 valence electrons. The van der Waals surface area contributed by atoms with E-state index in [4.69, 9.17) is 4.98 Å². The molecule has 1 amide bonds. The van der Waals surface area contributed by atoms with Crippen molar-refractivity contribution in [2.45, 2.75) is 18.9 Å². The second-order valence-electron chi connectivity index (χ2n) is 8.12. The molecule has 7 heteroatoms. The molecule has 2 aromatic carbocycles. The number of rotatable bonds is 4. The molecule has 1 N–H and O–H groups in total. The minimum atomic E-state index is -0.197. The maximum Gasteiger partial charge on any atom is 0.277 e. The van der Waals surface area contributed by atoms with Gasteiger partial charge in [-0.1, -0.05) is 24.3 Å². The number of para-hydroxylation sites is 2. The number of piperazine rings is 1. The number of fused-ring (bicyclic) bond motifs is 1. The summed E-state index contributed by atoms with van der Waals surface area (Å²) >= 11 is 1.76. The summed E-state index contributed by atoms with van der Waals surface area (Å²) in [4.78, 5) is 23.2. The summed E-state index contributed by atoms with van der Waals surface area (Å²) in [5.41, 5.74) is 1.69. The van der Waals surface area contributed by atoms with E-state index in [0.717, 1.165) is 29.9 Å². The zero-order valence-corrected chi connectivity index (χ0v) is 17.7. The SMILES string of the molecule is O=C(C[NH+]1CCC[C@H]1c1nc2ccccc2s1)N1CCN(c2ccccc2F)CC1. The van der Waals surface area contributed by atoms with E-state index < -0.39 is 0 Å². The maximum absolute atomic E-state index is 14.1. The van der Waals surface area contributed by atoms with Crippen molar-refractivity contribution < 1.29 is 14.1 Å². The number of thiazole rings is 1. The summed E-state index contributed by atoms with van der Waals surface area (Å²) < 4.78 is 15.3. The highest BCUT2D eigenvalue weighted by Crippen LogP contribution is 2.28. The number of amides is 1. The van der Waals surface area contributed by atoms with Gasteiger partial charge in [-0.05, 0) is 24.3 Å². The van der Waals surface area contributed by atoms with Crippen molar-refractivity contribution in [2.24, 2.45) is 0 Å². The molecule has 2 atom stereocenters. The molecule has 2 aliphatic heterocycles. The average Bonchev–Trinajstić information content (AvgIpc) is 3.40. The molecule has 0 radical (unpaired) electrons. The van der Waals surface area contributed by atoms with Gasteiger partial charge < -0.3 is 14.7 Å². The van der Waals surface area contributed by atoms with Crippen LogP contribution in [0.15, 0.2) is 48.5 Å². The number of halogens is 1. The molecule has 1 unspecified atom stereocenters. The van der Waals surface area contributed by atoms with Crippen LogP contribution in [0.1, 0.15) is 23.9 Å². The van der Waals surface area contributed by atoms with Gasteiger partial charge in [-0.25, -0.2) is 9.37 Å². The zero-order valence-electron chi connectivity index (χ0n) is 16.9. The number of benzene rings is 2. The minimum absolute atomic E-state index is 0.197. The summed E-state index contributed by atoms with van der Waals surface area (Å²) in [5.74, 6) is 0.00339. The Morgan fingerprint density at radius 1 is 1.10 bits per heavy atom. The number of aromatic nitrogens is 1. The van der Waals surface area contributed by atoms with Crippen molar-refractivity contribution in [3.63, 3.8) is 0 Å². The molecule has 5 nitrogen and oxygen atoms in total. The first kappa shape index (κ1) is 19.5. The number of hydrogen-bond donors (Lipinski definition) is 1. The predicted octanol–water partition coefficient (Wildman–Crippen LogP) is 2.50. The summed E-state index contributed by atoms with van der Waals surface area (Å²) in [5, 5.41) is 1.15. The van der Waals surface area contributed by atoms with Crippen LogP contribution < -0.4 is 9.80 Å². The summed E-state index contributed by atoms with van der Waals surface area (Å²) in [7, 11) is 0. The first-order valence-corrected chi connectivity index (χ1v) is 11.5. The highest BCUT2D eigenvalue weighted by Gasteiger charge is 2.35. The lowest BCUT2D eigenvalue weighted by Crippen LogP contribution is -3.11. The average molecular weight is 426 g/mol. The minimum Gasteiger partial charge on any atom is -0.366 e. The van der Waals surface area contributed by atoms with E-state index in [0.29, 0.717) is 44.5 Å². The van der Waals surface area contributed by atoms with Crippen molar-refractivity contribution in [3.05, 3.63) is 59.4 Å². The van der Waals surface area contributed by atoms with Crippen molar-refractivity contribution in [2.75, 3.05) is 44.2 Å².